The fourth-order valence-electron chi connectivity index (χ4n) is 6.01. The Kier molecular flexibility index (Phi) is 12.5. The average Bonchev–Trinajstić information content (AvgIpc) is 3.75. The summed E-state index contributed by atoms with van der Waals surface area (Å²) in [6.07, 6.45) is 4.59. The summed E-state index contributed by atoms with van der Waals surface area (Å²) in [5.41, 5.74) is 2.97. The highest BCUT2D eigenvalue weighted by molar-refractivity contribution is 5.58. The van der Waals surface area contributed by atoms with Crippen LogP contribution in [0, 0.1) is 13.8 Å². The molecule has 0 spiro atoms. The molecule has 0 aliphatic heterocycles. The molecule has 0 radical (unpaired) electrons. The molecule has 52 heavy (non-hydrogen) atoms. The standard InChI is InChI=1S/C18H25F2N5O.C18H23F2N5O/c2*1-4-26-13(3)15-11-16(21-14-5-8-18(19,20)9-6-14)23-17(22-15)25-10-7-12(2)24-25/h7,10-11,13-14H,4-6,8-9H2,1-3H3,(H,21,22,23);7,10-11,14H,3-6,8-9H2,1-2H3,(H,21,22,23). The SMILES string of the molecule is C=C(OCC)c1cc(NC2CCC(F)(F)CC2)nc(-n2ccc(C)n2)n1.CCOC(C)c1cc(NC2CCC(F)(F)CC2)nc(-n2ccc(C)n2)n1. The second kappa shape index (κ2) is 16.8. The number of halogens is 4. The third-order valence-electron chi connectivity index (χ3n) is 8.88. The summed E-state index contributed by atoms with van der Waals surface area (Å²) in [7, 11) is 0. The van der Waals surface area contributed by atoms with E-state index in [-0.39, 0.29) is 43.9 Å². The molecule has 2 fully saturated rings. The molecule has 0 aromatic carbocycles. The fourth-order valence-corrected chi connectivity index (χ4v) is 6.01. The van der Waals surface area contributed by atoms with Gasteiger partial charge < -0.3 is 20.1 Å². The lowest BCUT2D eigenvalue weighted by molar-refractivity contribution is -0.0366. The number of alkyl halides is 4. The molecule has 0 saturated heterocycles. The lowest BCUT2D eigenvalue weighted by Gasteiger charge is -2.29. The van der Waals surface area contributed by atoms with E-state index in [9.17, 15) is 17.6 Å². The third-order valence-corrected chi connectivity index (χ3v) is 8.88. The van der Waals surface area contributed by atoms with Gasteiger partial charge in [-0.2, -0.15) is 20.2 Å². The van der Waals surface area contributed by atoms with E-state index in [2.05, 4.69) is 47.3 Å². The van der Waals surface area contributed by atoms with E-state index in [0.29, 0.717) is 73.9 Å². The summed E-state index contributed by atoms with van der Waals surface area (Å²) >= 11 is 0. The highest BCUT2D eigenvalue weighted by Crippen LogP contribution is 2.35. The monoisotopic (exact) mass is 728 g/mol. The molecule has 2 aliphatic rings. The van der Waals surface area contributed by atoms with E-state index in [0.717, 1.165) is 17.1 Å². The van der Waals surface area contributed by atoms with Crippen LogP contribution in [0.1, 0.15) is 101 Å². The molecule has 4 aromatic rings. The van der Waals surface area contributed by atoms with Crippen LogP contribution in [0.5, 0.6) is 0 Å². The Hall–Kier alpha value is -4.60. The zero-order valence-electron chi connectivity index (χ0n) is 30.4. The number of hydrogen-bond donors (Lipinski definition) is 2. The van der Waals surface area contributed by atoms with Gasteiger partial charge in [0, 0.05) is 68.9 Å². The Morgan fingerprint density at radius 3 is 1.71 bits per heavy atom. The van der Waals surface area contributed by atoms with Gasteiger partial charge in [0.05, 0.1) is 29.8 Å². The predicted molar refractivity (Wildman–Crippen MR) is 190 cm³/mol. The van der Waals surface area contributed by atoms with Gasteiger partial charge in [0.15, 0.2) is 0 Å². The maximum Gasteiger partial charge on any atom is 0.253 e. The molecule has 282 valence electrons. The minimum absolute atomic E-state index is 0.0213. The molecule has 1 unspecified atom stereocenters. The number of aryl methyl sites for hydroxylation is 2. The topological polar surface area (TPSA) is 130 Å². The van der Waals surface area contributed by atoms with Crippen LogP contribution in [-0.4, -0.2) is 76.6 Å². The molecule has 12 nitrogen and oxygen atoms in total. The summed E-state index contributed by atoms with van der Waals surface area (Å²) in [6.45, 7) is 14.4. The molecule has 2 N–H and O–H groups in total. The summed E-state index contributed by atoms with van der Waals surface area (Å²) in [5.74, 6) is -2.70. The van der Waals surface area contributed by atoms with E-state index in [4.69, 9.17) is 9.47 Å². The van der Waals surface area contributed by atoms with Crippen molar-refractivity contribution < 1.29 is 27.0 Å². The first-order chi connectivity index (χ1) is 24.7. The van der Waals surface area contributed by atoms with Crippen molar-refractivity contribution in [3.8, 4) is 11.9 Å². The van der Waals surface area contributed by atoms with Crippen molar-refractivity contribution >= 4 is 17.4 Å². The van der Waals surface area contributed by atoms with Crippen molar-refractivity contribution in [2.75, 3.05) is 23.8 Å². The first-order valence-corrected chi connectivity index (χ1v) is 17.8. The lowest BCUT2D eigenvalue weighted by atomic mass is 9.92. The van der Waals surface area contributed by atoms with Crippen molar-refractivity contribution in [1.82, 2.24) is 39.5 Å². The van der Waals surface area contributed by atoms with Crippen LogP contribution in [0.4, 0.5) is 29.2 Å². The normalized spacial score (nSPS) is 17.9. The van der Waals surface area contributed by atoms with Gasteiger partial charge in [0.1, 0.15) is 23.1 Å². The molecule has 0 bridgehead atoms. The number of aromatic nitrogens is 8. The van der Waals surface area contributed by atoms with E-state index in [1.54, 1.807) is 27.8 Å². The van der Waals surface area contributed by atoms with Gasteiger partial charge in [-0.15, -0.1) is 0 Å². The van der Waals surface area contributed by atoms with Crippen molar-refractivity contribution in [2.45, 2.75) is 116 Å². The third kappa shape index (κ3) is 10.7. The molecular weight excluding hydrogens is 680 g/mol. The Morgan fingerprint density at radius 1 is 0.788 bits per heavy atom. The number of ether oxygens (including phenoxy) is 2. The minimum atomic E-state index is -2.56. The van der Waals surface area contributed by atoms with Crippen molar-refractivity contribution in [3.63, 3.8) is 0 Å². The van der Waals surface area contributed by atoms with Gasteiger partial charge in [0.2, 0.25) is 11.8 Å². The smallest absolute Gasteiger partial charge is 0.253 e. The Labute approximate surface area is 301 Å². The maximum absolute atomic E-state index is 13.4. The number of rotatable bonds is 12. The summed E-state index contributed by atoms with van der Waals surface area (Å²) in [5, 5.41) is 15.2. The average molecular weight is 729 g/mol. The van der Waals surface area contributed by atoms with Crippen molar-refractivity contribution in [1.29, 1.82) is 0 Å². The first kappa shape index (κ1) is 38.6. The van der Waals surface area contributed by atoms with Gasteiger partial charge in [-0.3, -0.25) is 0 Å². The van der Waals surface area contributed by atoms with Crippen molar-refractivity contribution in [2.24, 2.45) is 0 Å². The number of nitrogens with zero attached hydrogens (tertiary/aromatic N) is 8. The van der Waals surface area contributed by atoms with E-state index in [1.165, 1.54) is 0 Å². The van der Waals surface area contributed by atoms with Gasteiger partial charge in [-0.05, 0) is 72.4 Å². The zero-order valence-corrected chi connectivity index (χ0v) is 30.4. The quantitative estimate of drug-likeness (QED) is 0.109. The van der Waals surface area contributed by atoms with Crippen LogP contribution in [-0.2, 0) is 9.47 Å². The van der Waals surface area contributed by atoms with Crippen LogP contribution in [0.25, 0.3) is 17.7 Å². The van der Waals surface area contributed by atoms with Crippen molar-refractivity contribution in [3.05, 3.63) is 66.0 Å². The second-order valence-electron chi connectivity index (χ2n) is 13.2. The Morgan fingerprint density at radius 2 is 1.27 bits per heavy atom. The van der Waals surface area contributed by atoms with Crippen LogP contribution in [0.2, 0.25) is 0 Å². The summed E-state index contributed by atoms with van der Waals surface area (Å²) in [6, 6.07) is 7.21. The molecule has 1 atom stereocenters. The van der Waals surface area contributed by atoms with Gasteiger partial charge in [0.25, 0.3) is 11.9 Å². The van der Waals surface area contributed by atoms with Gasteiger partial charge >= 0.3 is 0 Å². The second-order valence-corrected chi connectivity index (χ2v) is 13.2. The van der Waals surface area contributed by atoms with E-state index >= 15 is 0 Å². The molecule has 16 heteroatoms. The van der Waals surface area contributed by atoms with Crippen LogP contribution < -0.4 is 10.6 Å². The Balaban J connectivity index is 0.000000201. The van der Waals surface area contributed by atoms with Gasteiger partial charge in [-0.1, -0.05) is 6.58 Å². The molecule has 4 heterocycles. The minimum Gasteiger partial charge on any atom is -0.492 e. The van der Waals surface area contributed by atoms with Crippen LogP contribution in [0.3, 0.4) is 0 Å². The largest absolute Gasteiger partial charge is 0.492 e. The maximum atomic E-state index is 13.4. The molecule has 4 aromatic heterocycles. The highest BCUT2D eigenvalue weighted by atomic mass is 19.3. The van der Waals surface area contributed by atoms with E-state index in [1.807, 2.05) is 52.8 Å². The fraction of sp³-hybridized carbons (Fsp3) is 0.556. The summed E-state index contributed by atoms with van der Waals surface area (Å²) < 4.78 is 67.8. The number of hydrogen-bond acceptors (Lipinski definition) is 10. The Bertz CT molecular complexity index is 1780. The zero-order chi connectivity index (χ0) is 37.5. The highest BCUT2D eigenvalue weighted by Gasteiger charge is 2.36. The molecular formula is C36H48F4N10O2. The number of anilines is 2. The van der Waals surface area contributed by atoms with Crippen LogP contribution >= 0.6 is 0 Å². The molecule has 6 rings (SSSR count). The van der Waals surface area contributed by atoms with E-state index < -0.39 is 11.8 Å². The van der Waals surface area contributed by atoms with Crippen LogP contribution in [0.15, 0.2) is 43.2 Å². The lowest BCUT2D eigenvalue weighted by Crippen LogP contribution is -2.32. The molecule has 0 amide bonds. The number of nitrogens with one attached hydrogen (secondary N) is 2. The predicted octanol–water partition coefficient (Wildman–Crippen LogP) is 8.03. The summed E-state index contributed by atoms with van der Waals surface area (Å²) in [4.78, 5) is 18.0. The molecule has 2 aliphatic carbocycles. The van der Waals surface area contributed by atoms with Gasteiger partial charge in [-0.25, -0.2) is 36.9 Å². The molecule has 2 saturated carbocycles. The first-order valence-electron chi connectivity index (χ1n) is 17.8.